The van der Waals surface area contributed by atoms with Crippen molar-refractivity contribution in [3.63, 3.8) is 0 Å². The Bertz CT molecular complexity index is 117. The molecule has 1 atom stereocenters. The van der Waals surface area contributed by atoms with Gasteiger partial charge < -0.3 is 14.9 Å². The van der Waals surface area contributed by atoms with Crippen LogP contribution in [-0.4, -0.2) is 29.1 Å². The first-order valence-electron chi connectivity index (χ1n) is 3.03. The second-order valence-electron chi connectivity index (χ2n) is 2.07. The van der Waals surface area contributed by atoms with Crippen LogP contribution in [0.2, 0.25) is 0 Å². The highest BCUT2D eigenvalue weighted by Gasteiger charge is 2.26. The van der Waals surface area contributed by atoms with Gasteiger partial charge in [0.1, 0.15) is 0 Å². The Morgan fingerprint density at radius 1 is 1.70 bits per heavy atom. The Labute approximate surface area is 59.4 Å². The third-order valence-electron chi connectivity index (χ3n) is 1.36. The molecular weight excluding hydrogens is 136 g/mol. The van der Waals surface area contributed by atoms with Crippen molar-refractivity contribution in [2.24, 2.45) is 0 Å². The van der Waals surface area contributed by atoms with Gasteiger partial charge >= 0.3 is 5.97 Å². The topological polar surface area (TPSA) is 66.8 Å². The average Bonchev–Trinajstić information content (AvgIpc) is 1.87. The van der Waals surface area contributed by atoms with Crippen LogP contribution in [0.15, 0.2) is 0 Å². The number of methoxy groups -OCH3 is 1. The fourth-order valence-electron chi connectivity index (χ4n) is 0.578. The quantitative estimate of drug-likeness (QED) is 0.559. The highest BCUT2D eigenvalue weighted by molar-refractivity contribution is 5.67. The first-order chi connectivity index (χ1) is 4.54. The molecule has 0 aromatic carbocycles. The minimum atomic E-state index is -1.49. The highest BCUT2D eigenvalue weighted by Crippen LogP contribution is 2.14. The van der Waals surface area contributed by atoms with Gasteiger partial charge in [-0.15, -0.1) is 0 Å². The van der Waals surface area contributed by atoms with E-state index in [0.717, 1.165) is 0 Å². The second-order valence-corrected chi connectivity index (χ2v) is 2.07. The zero-order valence-electron chi connectivity index (χ0n) is 6.13. The predicted octanol–water partition coefficient (Wildman–Crippen LogP) is 0.206. The van der Waals surface area contributed by atoms with E-state index in [4.69, 9.17) is 5.11 Å². The van der Waals surface area contributed by atoms with Gasteiger partial charge in [0.25, 0.3) is 0 Å². The first kappa shape index (κ1) is 9.39. The van der Waals surface area contributed by atoms with Crippen LogP contribution in [0.4, 0.5) is 0 Å². The molecule has 0 aromatic heterocycles. The summed E-state index contributed by atoms with van der Waals surface area (Å²) >= 11 is 0. The number of carbonyl (C=O) groups is 1. The molecule has 0 aliphatic rings. The maximum atomic E-state index is 10.1. The highest BCUT2D eigenvalue weighted by atomic mass is 16.6. The molecule has 0 saturated heterocycles. The molecule has 0 fully saturated rings. The number of hydrogen-bond donors (Lipinski definition) is 2. The molecule has 10 heavy (non-hydrogen) atoms. The van der Waals surface area contributed by atoms with E-state index < -0.39 is 11.8 Å². The van der Waals surface area contributed by atoms with E-state index in [2.05, 4.69) is 4.74 Å². The molecule has 0 saturated carbocycles. The molecule has 0 heterocycles. The monoisotopic (exact) mass is 148 g/mol. The van der Waals surface area contributed by atoms with E-state index in [1.165, 1.54) is 7.11 Å². The number of hydrogen-bond acceptors (Lipinski definition) is 3. The van der Waals surface area contributed by atoms with Crippen LogP contribution in [-0.2, 0) is 9.53 Å². The molecule has 0 aromatic rings. The molecule has 0 aliphatic carbocycles. The molecule has 0 aliphatic heterocycles. The van der Waals surface area contributed by atoms with E-state index >= 15 is 0 Å². The summed E-state index contributed by atoms with van der Waals surface area (Å²) in [6.07, 6.45) is -0.101. The average molecular weight is 148 g/mol. The van der Waals surface area contributed by atoms with Gasteiger partial charge in [-0.05, 0) is 6.42 Å². The zero-order chi connectivity index (χ0) is 8.20. The number of aliphatic hydroxyl groups is 1. The van der Waals surface area contributed by atoms with Gasteiger partial charge in [-0.1, -0.05) is 6.92 Å². The summed E-state index contributed by atoms with van der Waals surface area (Å²) in [5.74, 6) is -2.56. The molecule has 1 unspecified atom stereocenters. The fourth-order valence-corrected chi connectivity index (χ4v) is 0.578. The lowest BCUT2D eigenvalue weighted by Gasteiger charge is -2.22. The van der Waals surface area contributed by atoms with Gasteiger partial charge in [0.15, 0.2) is 5.79 Å². The second kappa shape index (κ2) is 3.53. The van der Waals surface area contributed by atoms with Crippen molar-refractivity contribution in [3.8, 4) is 0 Å². The van der Waals surface area contributed by atoms with Crippen LogP contribution in [0, 0.1) is 0 Å². The standard InChI is InChI=1S/C6H12O4/c1-3-6(9,10-2)4-5(7)8/h9H,3-4H2,1-2H3,(H,7,8). The van der Waals surface area contributed by atoms with Gasteiger partial charge in [-0.25, -0.2) is 0 Å². The van der Waals surface area contributed by atoms with E-state index in [1.807, 2.05) is 0 Å². The van der Waals surface area contributed by atoms with Gasteiger partial charge in [0.05, 0.1) is 6.42 Å². The number of rotatable bonds is 4. The first-order valence-corrected chi connectivity index (χ1v) is 3.03. The van der Waals surface area contributed by atoms with Crippen LogP contribution >= 0.6 is 0 Å². The molecular formula is C6H12O4. The predicted molar refractivity (Wildman–Crippen MR) is 34.5 cm³/mol. The summed E-state index contributed by atoms with van der Waals surface area (Å²) < 4.78 is 4.57. The Kier molecular flexibility index (Phi) is 3.32. The lowest BCUT2D eigenvalue weighted by Crippen LogP contribution is -2.32. The largest absolute Gasteiger partial charge is 0.481 e. The molecule has 0 amide bonds. The van der Waals surface area contributed by atoms with Crippen LogP contribution in [0.25, 0.3) is 0 Å². The van der Waals surface area contributed by atoms with E-state index in [1.54, 1.807) is 6.92 Å². The van der Waals surface area contributed by atoms with Crippen LogP contribution in [0.1, 0.15) is 19.8 Å². The Hall–Kier alpha value is -0.610. The summed E-state index contributed by atoms with van der Waals surface area (Å²) in [5.41, 5.74) is 0. The zero-order valence-corrected chi connectivity index (χ0v) is 6.13. The van der Waals surface area contributed by atoms with Crippen molar-refractivity contribution in [2.75, 3.05) is 7.11 Å². The Morgan fingerprint density at radius 3 is 2.30 bits per heavy atom. The van der Waals surface area contributed by atoms with Crippen LogP contribution < -0.4 is 0 Å². The normalized spacial score (nSPS) is 16.3. The lowest BCUT2D eigenvalue weighted by atomic mass is 10.1. The van der Waals surface area contributed by atoms with E-state index in [-0.39, 0.29) is 12.8 Å². The van der Waals surface area contributed by atoms with Gasteiger partial charge in [-0.2, -0.15) is 0 Å². The van der Waals surface area contributed by atoms with Crippen molar-refractivity contribution < 1.29 is 19.7 Å². The van der Waals surface area contributed by atoms with Crippen molar-refractivity contribution in [3.05, 3.63) is 0 Å². The Morgan fingerprint density at radius 2 is 2.20 bits per heavy atom. The molecule has 4 nitrogen and oxygen atoms in total. The summed E-state index contributed by atoms with van der Waals surface area (Å²) in [7, 11) is 1.28. The van der Waals surface area contributed by atoms with Crippen LogP contribution in [0.5, 0.6) is 0 Å². The number of ether oxygens (including phenoxy) is 1. The maximum absolute atomic E-state index is 10.1. The smallest absolute Gasteiger partial charge is 0.308 e. The third kappa shape index (κ3) is 2.80. The summed E-state index contributed by atoms with van der Waals surface area (Å²) in [5, 5.41) is 17.5. The Balaban J connectivity index is 3.92. The summed E-state index contributed by atoms with van der Waals surface area (Å²) in [6.45, 7) is 1.66. The van der Waals surface area contributed by atoms with Gasteiger partial charge in [-0.3, -0.25) is 4.79 Å². The van der Waals surface area contributed by atoms with E-state index in [9.17, 15) is 9.90 Å². The molecule has 2 N–H and O–H groups in total. The fraction of sp³-hybridized carbons (Fsp3) is 0.833. The van der Waals surface area contributed by atoms with Crippen LogP contribution in [0.3, 0.4) is 0 Å². The molecule has 0 radical (unpaired) electrons. The van der Waals surface area contributed by atoms with Crippen molar-refractivity contribution in [1.29, 1.82) is 0 Å². The van der Waals surface area contributed by atoms with Gasteiger partial charge in [0, 0.05) is 7.11 Å². The number of aliphatic carboxylic acids is 1. The third-order valence-corrected chi connectivity index (χ3v) is 1.36. The molecule has 0 spiro atoms. The lowest BCUT2D eigenvalue weighted by molar-refractivity contribution is -0.199. The minimum absolute atomic E-state index is 0.274. The number of carboxylic acid groups (broad SMARTS) is 1. The van der Waals surface area contributed by atoms with Crippen molar-refractivity contribution in [1.82, 2.24) is 0 Å². The van der Waals surface area contributed by atoms with E-state index in [0.29, 0.717) is 0 Å². The maximum Gasteiger partial charge on any atom is 0.308 e. The molecule has 0 bridgehead atoms. The number of carboxylic acids is 1. The van der Waals surface area contributed by atoms with Crippen molar-refractivity contribution >= 4 is 5.97 Å². The summed E-state index contributed by atoms with van der Waals surface area (Å²) in [4.78, 5) is 10.1. The summed E-state index contributed by atoms with van der Waals surface area (Å²) in [6, 6.07) is 0. The van der Waals surface area contributed by atoms with Gasteiger partial charge in [0.2, 0.25) is 0 Å². The van der Waals surface area contributed by atoms with Crippen molar-refractivity contribution in [2.45, 2.75) is 25.6 Å². The minimum Gasteiger partial charge on any atom is -0.481 e. The molecule has 0 rings (SSSR count). The SMILES string of the molecule is CCC(O)(CC(=O)O)OC. The molecule has 4 heteroatoms. The molecule has 60 valence electrons.